The predicted molar refractivity (Wildman–Crippen MR) is 107 cm³/mol. The van der Waals surface area contributed by atoms with Crippen LogP contribution in [0.1, 0.15) is 21.7 Å². The SMILES string of the molecule is Cc1cc(C(=O)Nc2nnc(NS(C)(=O)=O)s2)c(C)n1-c1ccc(Cl)cc1. The number of hydrogen-bond donors (Lipinski definition) is 2. The second kappa shape index (κ2) is 7.29. The molecule has 8 nitrogen and oxygen atoms in total. The van der Waals surface area contributed by atoms with Gasteiger partial charge in [-0.1, -0.05) is 22.9 Å². The van der Waals surface area contributed by atoms with E-state index in [1.807, 2.05) is 30.5 Å². The number of halogens is 1. The highest BCUT2D eigenvalue weighted by molar-refractivity contribution is 7.92. The monoisotopic (exact) mass is 425 g/mol. The van der Waals surface area contributed by atoms with Crippen LogP contribution in [0.4, 0.5) is 10.3 Å². The lowest BCUT2D eigenvalue weighted by Gasteiger charge is -2.10. The highest BCUT2D eigenvalue weighted by Crippen LogP contribution is 2.25. The highest BCUT2D eigenvalue weighted by Gasteiger charge is 2.18. The second-order valence-electron chi connectivity index (χ2n) is 5.84. The molecule has 27 heavy (non-hydrogen) atoms. The van der Waals surface area contributed by atoms with Gasteiger partial charge in [0.1, 0.15) is 0 Å². The van der Waals surface area contributed by atoms with Crippen molar-refractivity contribution >= 4 is 49.1 Å². The van der Waals surface area contributed by atoms with Crippen molar-refractivity contribution in [3.63, 3.8) is 0 Å². The van der Waals surface area contributed by atoms with E-state index >= 15 is 0 Å². The van der Waals surface area contributed by atoms with Gasteiger partial charge in [-0.25, -0.2) is 8.42 Å². The maximum absolute atomic E-state index is 12.6. The molecule has 0 saturated heterocycles. The van der Waals surface area contributed by atoms with Gasteiger partial charge < -0.3 is 4.57 Å². The minimum atomic E-state index is -3.45. The molecule has 3 rings (SSSR count). The van der Waals surface area contributed by atoms with E-state index in [4.69, 9.17) is 11.6 Å². The summed E-state index contributed by atoms with van der Waals surface area (Å²) >= 11 is 6.87. The van der Waals surface area contributed by atoms with E-state index < -0.39 is 10.0 Å². The summed E-state index contributed by atoms with van der Waals surface area (Å²) in [5.41, 5.74) is 3.02. The van der Waals surface area contributed by atoms with Gasteiger partial charge in [0.05, 0.1) is 11.8 Å². The van der Waals surface area contributed by atoms with Gasteiger partial charge in [-0.3, -0.25) is 14.8 Å². The Balaban J connectivity index is 1.84. The topological polar surface area (TPSA) is 106 Å². The number of nitrogens with zero attached hydrogens (tertiary/aromatic N) is 3. The molecule has 0 aliphatic carbocycles. The van der Waals surface area contributed by atoms with Crippen LogP contribution in [0.3, 0.4) is 0 Å². The Morgan fingerprint density at radius 2 is 1.78 bits per heavy atom. The maximum Gasteiger partial charge on any atom is 0.259 e. The minimum absolute atomic E-state index is 0.0828. The van der Waals surface area contributed by atoms with Gasteiger partial charge in [0, 0.05) is 22.1 Å². The zero-order chi connectivity index (χ0) is 19.8. The standard InChI is InChI=1S/C16H16ClN5O3S2/c1-9-8-13(10(2)22(9)12-6-4-11(17)5-7-12)14(23)18-15-19-20-16(26-15)21-27(3,24)25/h4-8H,1-3H3,(H,20,21)(H,18,19,23). The zero-order valence-corrected chi connectivity index (χ0v) is 17.0. The van der Waals surface area contributed by atoms with Crippen molar-refractivity contribution in [2.24, 2.45) is 0 Å². The van der Waals surface area contributed by atoms with Crippen molar-refractivity contribution in [3.05, 3.63) is 52.3 Å². The van der Waals surface area contributed by atoms with Crippen LogP contribution in [-0.4, -0.2) is 35.3 Å². The number of carbonyl (C=O) groups excluding carboxylic acids is 1. The molecule has 0 radical (unpaired) electrons. The van der Waals surface area contributed by atoms with E-state index in [-0.39, 0.29) is 16.2 Å². The molecular weight excluding hydrogens is 410 g/mol. The van der Waals surface area contributed by atoms with E-state index in [9.17, 15) is 13.2 Å². The van der Waals surface area contributed by atoms with Gasteiger partial charge in [-0.15, -0.1) is 10.2 Å². The molecule has 2 heterocycles. The normalized spacial score (nSPS) is 11.4. The molecule has 0 atom stereocenters. The second-order valence-corrected chi connectivity index (χ2v) is 9.00. The summed E-state index contributed by atoms with van der Waals surface area (Å²) in [6.07, 6.45) is 1.01. The van der Waals surface area contributed by atoms with Crippen molar-refractivity contribution in [1.82, 2.24) is 14.8 Å². The molecule has 2 aromatic heterocycles. The molecule has 0 bridgehead atoms. The Morgan fingerprint density at radius 3 is 2.41 bits per heavy atom. The molecule has 142 valence electrons. The van der Waals surface area contributed by atoms with E-state index in [1.165, 1.54) is 0 Å². The number of rotatable bonds is 5. The molecule has 0 fully saturated rings. The van der Waals surface area contributed by atoms with Crippen molar-refractivity contribution < 1.29 is 13.2 Å². The third kappa shape index (κ3) is 4.46. The van der Waals surface area contributed by atoms with Crippen LogP contribution >= 0.6 is 22.9 Å². The van der Waals surface area contributed by atoms with Crippen LogP contribution in [0.15, 0.2) is 30.3 Å². The summed E-state index contributed by atoms with van der Waals surface area (Å²) < 4.78 is 26.6. The number of amides is 1. The first kappa shape index (κ1) is 19.3. The van der Waals surface area contributed by atoms with Crippen LogP contribution in [-0.2, 0) is 10.0 Å². The van der Waals surface area contributed by atoms with Crippen LogP contribution in [0.2, 0.25) is 5.02 Å². The molecule has 0 saturated carbocycles. The average molecular weight is 426 g/mol. The van der Waals surface area contributed by atoms with Gasteiger partial charge in [0.2, 0.25) is 20.3 Å². The van der Waals surface area contributed by atoms with Gasteiger partial charge in [0.25, 0.3) is 5.91 Å². The summed E-state index contributed by atoms with van der Waals surface area (Å²) in [6.45, 7) is 3.74. The molecule has 0 unspecified atom stereocenters. The third-order valence-corrected chi connectivity index (χ3v) is 5.38. The molecule has 11 heteroatoms. The summed E-state index contributed by atoms with van der Waals surface area (Å²) in [4.78, 5) is 12.6. The lowest BCUT2D eigenvalue weighted by atomic mass is 10.2. The Kier molecular flexibility index (Phi) is 5.22. The van der Waals surface area contributed by atoms with Crippen LogP contribution in [0.5, 0.6) is 0 Å². The average Bonchev–Trinajstić information content (AvgIpc) is 3.11. The van der Waals surface area contributed by atoms with Gasteiger partial charge in [-0.2, -0.15) is 0 Å². The molecule has 0 spiro atoms. The number of aromatic nitrogens is 3. The number of hydrogen-bond acceptors (Lipinski definition) is 6. The number of nitrogens with one attached hydrogen (secondary N) is 2. The van der Waals surface area contributed by atoms with Gasteiger partial charge >= 0.3 is 0 Å². The molecule has 3 aromatic rings. The first-order valence-electron chi connectivity index (χ1n) is 7.71. The van der Waals surface area contributed by atoms with Gasteiger partial charge in [-0.05, 0) is 44.2 Å². The summed E-state index contributed by atoms with van der Waals surface area (Å²) in [7, 11) is -3.45. The molecule has 2 N–H and O–H groups in total. The Hall–Kier alpha value is -2.43. The number of carbonyl (C=O) groups is 1. The molecule has 1 amide bonds. The number of benzene rings is 1. The van der Waals surface area contributed by atoms with Gasteiger partial charge in [0.15, 0.2) is 0 Å². The fraction of sp³-hybridized carbons (Fsp3) is 0.188. The smallest absolute Gasteiger partial charge is 0.259 e. The minimum Gasteiger partial charge on any atom is -0.318 e. The van der Waals surface area contributed by atoms with Crippen LogP contribution in [0, 0.1) is 13.8 Å². The quantitative estimate of drug-likeness (QED) is 0.652. The van der Waals surface area contributed by atoms with E-state index in [0.717, 1.165) is 34.7 Å². The fourth-order valence-corrected chi connectivity index (χ4v) is 4.21. The molecule has 0 aliphatic rings. The Morgan fingerprint density at radius 1 is 1.15 bits per heavy atom. The van der Waals surface area contributed by atoms with Crippen molar-refractivity contribution in [3.8, 4) is 5.69 Å². The van der Waals surface area contributed by atoms with E-state index in [2.05, 4.69) is 20.2 Å². The summed E-state index contributed by atoms with van der Waals surface area (Å²) in [5, 5.41) is 11.0. The highest BCUT2D eigenvalue weighted by atomic mass is 35.5. The first-order chi connectivity index (χ1) is 12.6. The molecule has 1 aromatic carbocycles. The number of aryl methyl sites for hydroxylation is 1. The maximum atomic E-state index is 12.6. The van der Waals surface area contributed by atoms with Crippen LogP contribution < -0.4 is 10.0 Å². The number of anilines is 2. The third-order valence-electron chi connectivity index (χ3n) is 3.68. The Labute approximate surface area is 165 Å². The summed E-state index contributed by atoms with van der Waals surface area (Å²) in [5.74, 6) is -0.356. The van der Waals surface area contributed by atoms with Crippen molar-refractivity contribution in [1.29, 1.82) is 0 Å². The van der Waals surface area contributed by atoms with E-state index in [1.54, 1.807) is 18.2 Å². The zero-order valence-electron chi connectivity index (χ0n) is 14.6. The van der Waals surface area contributed by atoms with Crippen LogP contribution in [0.25, 0.3) is 5.69 Å². The largest absolute Gasteiger partial charge is 0.318 e. The van der Waals surface area contributed by atoms with Crippen molar-refractivity contribution in [2.75, 3.05) is 16.3 Å². The number of sulfonamides is 1. The fourth-order valence-electron chi connectivity index (χ4n) is 2.62. The lowest BCUT2D eigenvalue weighted by molar-refractivity contribution is 0.102. The molecule has 0 aliphatic heterocycles. The van der Waals surface area contributed by atoms with Crippen molar-refractivity contribution in [2.45, 2.75) is 13.8 Å². The van der Waals surface area contributed by atoms with E-state index in [0.29, 0.717) is 10.6 Å². The first-order valence-corrected chi connectivity index (χ1v) is 10.8. The molecular formula is C16H16ClN5O3S2. The summed E-state index contributed by atoms with van der Waals surface area (Å²) in [6, 6.07) is 9.09. The lowest BCUT2D eigenvalue weighted by Crippen LogP contribution is -2.13. The predicted octanol–water partition coefficient (Wildman–Crippen LogP) is 3.22. The Bertz CT molecular complexity index is 1100.